The van der Waals surface area contributed by atoms with Crippen LogP contribution in [0.1, 0.15) is 32.6 Å². The average molecular weight is 182 g/mol. The maximum Gasteiger partial charge on any atom is 0.330 e. The molecular weight excluding hydrogens is 164 g/mol. The Bertz CT molecular complexity index is 173. The number of unbranched alkanes of at least 4 members (excludes halogenated alkanes) is 1. The van der Waals surface area contributed by atoms with Gasteiger partial charge in [0.2, 0.25) is 0 Å². The number of hydrogen-bond acceptors (Lipinski definition) is 2. The predicted octanol–water partition coefficient (Wildman–Crippen LogP) is 2.85. The molecular formula is C11H18O2. The van der Waals surface area contributed by atoms with Crippen LogP contribution in [0.5, 0.6) is 0 Å². The van der Waals surface area contributed by atoms with Crippen molar-refractivity contribution in [3.05, 3.63) is 25.3 Å². The molecule has 0 aromatic rings. The molecule has 0 aliphatic rings. The van der Waals surface area contributed by atoms with Crippen molar-refractivity contribution in [3.63, 3.8) is 0 Å². The highest BCUT2D eigenvalue weighted by Gasteiger charge is 2.09. The molecule has 0 N–H and O–H groups in total. The van der Waals surface area contributed by atoms with Crippen molar-refractivity contribution in [2.75, 3.05) is 0 Å². The molecule has 0 fully saturated rings. The summed E-state index contributed by atoms with van der Waals surface area (Å²) in [6.45, 7) is 9.09. The summed E-state index contributed by atoms with van der Waals surface area (Å²) >= 11 is 0. The number of rotatable bonds is 7. The zero-order valence-electron chi connectivity index (χ0n) is 8.29. The smallest absolute Gasteiger partial charge is 0.330 e. The van der Waals surface area contributed by atoms with E-state index in [9.17, 15) is 4.79 Å². The molecule has 0 saturated carbocycles. The van der Waals surface area contributed by atoms with Gasteiger partial charge in [-0.1, -0.05) is 32.4 Å². The zero-order valence-corrected chi connectivity index (χ0v) is 8.29. The lowest BCUT2D eigenvalue weighted by Gasteiger charge is -2.14. The summed E-state index contributed by atoms with van der Waals surface area (Å²) in [4.78, 5) is 10.9. The molecule has 1 atom stereocenters. The fourth-order valence-corrected chi connectivity index (χ4v) is 1.05. The highest BCUT2D eigenvalue weighted by Crippen LogP contribution is 2.09. The monoisotopic (exact) mass is 182 g/mol. The maximum atomic E-state index is 10.9. The summed E-state index contributed by atoms with van der Waals surface area (Å²) in [6.07, 6.45) is 6.76. The van der Waals surface area contributed by atoms with Crippen LogP contribution in [0.25, 0.3) is 0 Å². The summed E-state index contributed by atoms with van der Waals surface area (Å²) in [5.74, 6) is -0.344. The third-order valence-corrected chi connectivity index (χ3v) is 1.76. The fraction of sp³-hybridized carbons (Fsp3) is 0.545. The Hall–Kier alpha value is -1.05. The fourth-order valence-electron chi connectivity index (χ4n) is 1.05. The van der Waals surface area contributed by atoms with Crippen LogP contribution in [0, 0.1) is 0 Å². The molecule has 0 spiro atoms. The molecule has 2 nitrogen and oxygen atoms in total. The Morgan fingerprint density at radius 3 is 2.69 bits per heavy atom. The molecule has 1 unspecified atom stereocenters. The number of esters is 1. The van der Waals surface area contributed by atoms with Crippen molar-refractivity contribution in [2.45, 2.75) is 38.7 Å². The lowest BCUT2D eigenvalue weighted by Crippen LogP contribution is -2.15. The third kappa shape index (κ3) is 6.14. The van der Waals surface area contributed by atoms with Crippen LogP contribution < -0.4 is 0 Å². The summed E-state index contributed by atoms with van der Waals surface area (Å²) in [6, 6.07) is 0. The maximum absolute atomic E-state index is 10.9. The number of carbonyl (C=O) groups excluding carboxylic acids is 1. The van der Waals surface area contributed by atoms with E-state index < -0.39 is 0 Å². The average Bonchev–Trinajstić information content (AvgIpc) is 2.14. The van der Waals surface area contributed by atoms with Crippen LogP contribution in [0.2, 0.25) is 0 Å². The normalized spacial score (nSPS) is 11.8. The summed E-state index contributed by atoms with van der Waals surface area (Å²) in [5, 5.41) is 0. The quantitative estimate of drug-likeness (QED) is 0.344. The molecule has 0 amide bonds. The first kappa shape index (κ1) is 11.9. The zero-order chi connectivity index (χ0) is 10.1. The van der Waals surface area contributed by atoms with E-state index in [4.69, 9.17) is 4.74 Å². The minimum Gasteiger partial charge on any atom is -0.459 e. The largest absolute Gasteiger partial charge is 0.459 e. The van der Waals surface area contributed by atoms with E-state index >= 15 is 0 Å². The van der Waals surface area contributed by atoms with E-state index in [0.717, 1.165) is 25.7 Å². The second-order valence-corrected chi connectivity index (χ2v) is 2.93. The molecule has 0 heterocycles. The van der Waals surface area contributed by atoms with E-state index in [-0.39, 0.29) is 12.1 Å². The first-order chi connectivity index (χ1) is 6.24. The highest BCUT2D eigenvalue weighted by molar-refractivity contribution is 5.81. The van der Waals surface area contributed by atoms with Gasteiger partial charge in [0.1, 0.15) is 6.10 Å². The second-order valence-electron chi connectivity index (χ2n) is 2.93. The Morgan fingerprint density at radius 2 is 2.23 bits per heavy atom. The molecule has 0 radical (unpaired) electrons. The Kier molecular flexibility index (Phi) is 6.98. The third-order valence-electron chi connectivity index (χ3n) is 1.76. The molecule has 2 heteroatoms. The topological polar surface area (TPSA) is 26.3 Å². The van der Waals surface area contributed by atoms with Crippen molar-refractivity contribution in [3.8, 4) is 0 Å². The molecule has 0 aromatic carbocycles. The van der Waals surface area contributed by atoms with Crippen molar-refractivity contribution < 1.29 is 9.53 Å². The van der Waals surface area contributed by atoms with Gasteiger partial charge in [0.05, 0.1) is 0 Å². The minimum atomic E-state index is -0.344. The molecule has 0 rings (SSSR count). The number of carbonyl (C=O) groups is 1. The summed E-state index contributed by atoms with van der Waals surface area (Å²) < 4.78 is 5.11. The highest BCUT2D eigenvalue weighted by atomic mass is 16.5. The molecule has 0 aliphatic carbocycles. The summed E-state index contributed by atoms with van der Waals surface area (Å²) in [5.41, 5.74) is 0. The van der Waals surface area contributed by atoms with Gasteiger partial charge in [-0.15, -0.1) is 6.58 Å². The van der Waals surface area contributed by atoms with Crippen molar-refractivity contribution in [1.29, 1.82) is 0 Å². The lowest BCUT2D eigenvalue weighted by atomic mass is 10.1. The van der Waals surface area contributed by atoms with E-state index in [2.05, 4.69) is 20.1 Å². The first-order valence-electron chi connectivity index (χ1n) is 4.68. The van der Waals surface area contributed by atoms with E-state index in [1.165, 1.54) is 6.08 Å². The van der Waals surface area contributed by atoms with Gasteiger partial charge in [-0.3, -0.25) is 0 Å². The molecule has 0 saturated heterocycles. The molecule has 0 aliphatic heterocycles. The lowest BCUT2D eigenvalue weighted by molar-refractivity contribution is -0.143. The number of hydrogen-bond donors (Lipinski definition) is 0. The predicted molar refractivity (Wildman–Crippen MR) is 54.4 cm³/mol. The van der Waals surface area contributed by atoms with Gasteiger partial charge in [0, 0.05) is 12.5 Å². The van der Waals surface area contributed by atoms with Gasteiger partial charge in [0.25, 0.3) is 0 Å². The minimum absolute atomic E-state index is 0.0250. The van der Waals surface area contributed by atoms with Crippen molar-refractivity contribution in [2.24, 2.45) is 0 Å². The van der Waals surface area contributed by atoms with Gasteiger partial charge < -0.3 is 4.74 Å². The molecule has 0 aromatic heterocycles. The molecule has 74 valence electrons. The first-order valence-corrected chi connectivity index (χ1v) is 4.68. The van der Waals surface area contributed by atoms with Gasteiger partial charge in [-0.05, 0) is 6.42 Å². The van der Waals surface area contributed by atoms with Crippen LogP contribution >= 0.6 is 0 Å². The van der Waals surface area contributed by atoms with Crippen LogP contribution in [0.4, 0.5) is 0 Å². The van der Waals surface area contributed by atoms with Crippen molar-refractivity contribution in [1.82, 2.24) is 0 Å². The van der Waals surface area contributed by atoms with Gasteiger partial charge in [0.15, 0.2) is 0 Å². The Labute approximate surface area is 80.3 Å². The van der Waals surface area contributed by atoms with Crippen LogP contribution in [0.15, 0.2) is 25.3 Å². The summed E-state index contributed by atoms with van der Waals surface area (Å²) in [7, 11) is 0. The van der Waals surface area contributed by atoms with E-state index in [1.807, 2.05) is 0 Å². The standard InChI is InChI=1S/C11H18O2/c1-4-7-9-10(8-5-2)13-11(12)6-3/h5-6,10H,2-4,7-9H2,1H3. The van der Waals surface area contributed by atoms with Gasteiger partial charge in [-0.2, -0.15) is 0 Å². The SMILES string of the molecule is C=CCC(CCCC)OC(=O)C=C. The van der Waals surface area contributed by atoms with Gasteiger partial charge in [-0.25, -0.2) is 4.79 Å². The van der Waals surface area contributed by atoms with Gasteiger partial charge >= 0.3 is 5.97 Å². The molecule has 13 heavy (non-hydrogen) atoms. The van der Waals surface area contributed by atoms with Crippen LogP contribution in [-0.2, 0) is 9.53 Å². The second kappa shape index (κ2) is 7.59. The number of ether oxygens (including phenoxy) is 1. The Morgan fingerprint density at radius 1 is 1.54 bits per heavy atom. The van der Waals surface area contributed by atoms with E-state index in [1.54, 1.807) is 6.08 Å². The van der Waals surface area contributed by atoms with Crippen molar-refractivity contribution >= 4 is 5.97 Å². The van der Waals surface area contributed by atoms with E-state index in [0.29, 0.717) is 0 Å². The van der Waals surface area contributed by atoms with Crippen LogP contribution in [-0.4, -0.2) is 12.1 Å². The Balaban J connectivity index is 3.84. The molecule has 0 bridgehead atoms. The van der Waals surface area contributed by atoms with Crippen LogP contribution in [0.3, 0.4) is 0 Å².